The SMILES string of the molecule is C[C@@H]1C[C@@H](C)CN(c2ccccc2C(C)(C)C)C1. The Balaban J connectivity index is 2.33. The minimum Gasteiger partial charge on any atom is -0.371 e. The second kappa shape index (κ2) is 4.95. The molecule has 0 saturated carbocycles. The molecule has 0 aliphatic carbocycles. The third kappa shape index (κ3) is 2.88. The molecule has 1 heterocycles. The maximum Gasteiger partial charge on any atom is 0.0404 e. The zero-order valence-electron chi connectivity index (χ0n) is 12.5. The molecular formula is C17H27N. The van der Waals surface area contributed by atoms with Crippen molar-refractivity contribution in [1.29, 1.82) is 0 Å². The van der Waals surface area contributed by atoms with Crippen LogP contribution in [0.15, 0.2) is 24.3 Å². The van der Waals surface area contributed by atoms with E-state index in [1.165, 1.54) is 30.8 Å². The maximum absolute atomic E-state index is 2.60. The Bertz CT molecular complexity index is 392. The number of hydrogen-bond donors (Lipinski definition) is 0. The average molecular weight is 245 g/mol. The molecule has 0 bridgehead atoms. The zero-order valence-corrected chi connectivity index (χ0v) is 12.5. The quantitative estimate of drug-likeness (QED) is 0.706. The molecule has 1 aliphatic rings. The molecular weight excluding hydrogens is 218 g/mol. The van der Waals surface area contributed by atoms with Crippen molar-refractivity contribution in [3.05, 3.63) is 29.8 Å². The first-order valence-electron chi connectivity index (χ1n) is 7.22. The van der Waals surface area contributed by atoms with Gasteiger partial charge in [-0.3, -0.25) is 0 Å². The molecule has 1 aromatic carbocycles. The molecule has 0 spiro atoms. The highest BCUT2D eigenvalue weighted by atomic mass is 15.1. The zero-order chi connectivity index (χ0) is 13.3. The van der Waals surface area contributed by atoms with Crippen LogP contribution < -0.4 is 4.90 Å². The molecule has 2 atom stereocenters. The Morgan fingerprint density at radius 1 is 1.00 bits per heavy atom. The van der Waals surface area contributed by atoms with Gasteiger partial charge in [0.15, 0.2) is 0 Å². The van der Waals surface area contributed by atoms with Crippen molar-refractivity contribution < 1.29 is 0 Å². The van der Waals surface area contributed by atoms with Crippen molar-refractivity contribution in [3.8, 4) is 0 Å². The molecule has 0 aromatic heterocycles. The lowest BCUT2D eigenvalue weighted by atomic mass is 9.84. The lowest BCUT2D eigenvalue weighted by Gasteiger charge is -2.39. The number of anilines is 1. The predicted octanol–water partition coefficient (Wildman–Crippen LogP) is 4.47. The van der Waals surface area contributed by atoms with E-state index in [1.54, 1.807) is 0 Å². The summed E-state index contributed by atoms with van der Waals surface area (Å²) in [5.41, 5.74) is 3.15. The first-order valence-corrected chi connectivity index (χ1v) is 7.22. The lowest BCUT2D eigenvalue weighted by Crippen LogP contribution is -2.39. The van der Waals surface area contributed by atoms with Crippen LogP contribution in [0.3, 0.4) is 0 Å². The van der Waals surface area contributed by atoms with Crippen molar-refractivity contribution in [2.45, 2.75) is 46.5 Å². The summed E-state index contributed by atoms with van der Waals surface area (Å²) in [5, 5.41) is 0. The minimum absolute atomic E-state index is 0.223. The highest BCUT2D eigenvalue weighted by molar-refractivity contribution is 5.56. The third-order valence-electron chi connectivity index (χ3n) is 3.92. The van der Waals surface area contributed by atoms with Gasteiger partial charge >= 0.3 is 0 Å². The molecule has 1 aliphatic heterocycles. The Hall–Kier alpha value is -0.980. The van der Waals surface area contributed by atoms with Crippen molar-refractivity contribution >= 4 is 5.69 Å². The fraction of sp³-hybridized carbons (Fsp3) is 0.647. The van der Waals surface area contributed by atoms with Gasteiger partial charge in [-0.25, -0.2) is 0 Å². The van der Waals surface area contributed by atoms with Gasteiger partial charge in [0.2, 0.25) is 0 Å². The minimum atomic E-state index is 0.223. The predicted molar refractivity (Wildman–Crippen MR) is 80.3 cm³/mol. The molecule has 1 aromatic rings. The summed E-state index contributed by atoms with van der Waals surface area (Å²) in [5.74, 6) is 1.61. The van der Waals surface area contributed by atoms with Gasteiger partial charge < -0.3 is 4.90 Å². The average Bonchev–Trinajstić information content (AvgIpc) is 2.26. The molecule has 1 saturated heterocycles. The topological polar surface area (TPSA) is 3.24 Å². The number of piperidine rings is 1. The summed E-state index contributed by atoms with van der Waals surface area (Å²) in [6, 6.07) is 8.93. The molecule has 0 N–H and O–H groups in total. The van der Waals surface area contributed by atoms with Gasteiger partial charge in [0, 0.05) is 18.8 Å². The van der Waals surface area contributed by atoms with Gasteiger partial charge in [0.1, 0.15) is 0 Å². The molecule has 1 heteroatoms. The summed E-state index contributed by atoms with van der Waals surface area (Å²) in [4.78, 5) is 2.60. The second-order valence-electron chi connectivity index (χ2n) is 7.12. The fourth-order valence-corrected chi connectivity index (χ4v) is 3.24. The summed E-state index contributed by atoms with van der Waals surface area (Å²) in [6.45, 7) is 14.1. The van der Waals surface area contributed by atoms with Crippen LogP contribution in [-0.4, -0.2) is 13.1 Å². The normalized spacial score (nSPS) is 25.3. The number of nitrogens with zero attached hydrogens (tertiary/aromatic N) is 1. The number of rotatable bonds is 1. The summed E-state index contributed by atoms with van der Waals surface area (Å²) in [6.07, 6.45) is 1.37. The second-order valence-corrected chi connectivity index (χ2v) is 7.12. The molecule has 1 fully saturated rings. The van der Waals surface area contributed by atoms with Gasteiger partial charge in [-0.15, -0.1) is 0 Å². The molecule has 2 rings (SSSR count). The third-order valence-corrected chi connectivity index (χ3v) is 3.92. The fourth-order valence-electron chi connectivity index (χ4n) is 3.24. The van der Waals surface area contributed by atoms with Crippen molar-refractivity contribution in [2.24, 2.45) is 11.8 Å². The number of para-hydroxylation sites is 1. The van der Waals surface area contributed by atoms with E-state index in [1.807, 2.05) is 0 Å². The molecule has 0 unspecified atom stereocenters. The number of benzene rings is 1. The first kappa shape index (κ1) is 13.5. The largest absolute Gasteiger partial charge is 0.371 e. The van der Waals surface area contributed by atoms with E-state index >= 15 is 0 Å². The van der Waals surface area contributed by atoms with Crippen LogP contribution >= 0.6 is 0 Å². The van der Waals surface area contributed by atoms with E-state index in [2.05, 4.69) is 63.8 Å². The van der Waals surface area contributed by atoms with Gasteiger partial charge in [-0.05, 0) is 35.3 Å². The van der Waals surface area contributed by atoms with E-state index < -0.39 is 0 Å². The standard InChI is InChI=1S/C17H27N/c1-13-10-14(2)12-18(11-13)16-9-7-6-8-15(16)17(3,4)5/h6-9,13-14H,10-12H2,1-5H3/t13-,14-/m1/s1. The van der Waals surface area contributed by atoms with Crippen LogP contribution in [0.4, 0.5) is 5.69 Å². The monoisotopic (exact) mass is 245 g/mol. The Morgan fingerprint density at radius 3 is 2.11 bits per heavy atom. The van der Waals surface area contributed by atoms with Crippen LogP contribution in [0.1, 0.15) is 46.6 Å². The Kier molecular flexibility index (Phi) is 3.70. The van der Waals surface area contributed by atoms with E-state index in [0.717, 1.165) is 11.8 Å². The van der Waals surface area contributed by atoms with E-state index in [-0.39, 0.29) is 5.41 Å². The summed E-state index contributed by atoms with van der Waals surface area (Å²) >= 11 is 0. The van der Waals surface area contributed by atoms with E-state index in [0.29, 0.717) is 0 Å². The maximum atomic E-state index is 2.60. The van der Waals surface area contributed by atoms with Gasteiger partial charge in [-0.1, -0.05) is 52.8 Å². The smallest absolute Gasteiger partial charge is 0.0404 e. The first-order chi connectivity index (χ1) is 8.38. The van der Waals surface area contributed by atoms with E-state index in [4.69, 9.17) is 0 Å². The van der Waals surface area contributed by atoms with E-state index in [9.17, 15) is 0 Å². The molecule has 0 radical (unpaired) electrons. The van der Waals surface area contributed by atoms with Crippen LogP contribution in [0.5, 0.6) is 0 Å². The van der Waals surface area contributed by atoms with Crippen molar-refractivity contribution in [1.82, 2.24) is 0 Å². The lowest BCUT2D eigenvalue weighted by molar-refractivity contribution is 0.355. The molecule has 18 heavy (non-hydrogen) atoms. The number of hydrogen-bond acceptors (Lipinski definition) is 1. The Morgan fingerprint density at radius 2 is 1.56 bits per heavy atom. The highest BCUT2D eigenvalue weighted by Gasteiger charge is 2.26. The highest BCUT2D eigenvalue weighted by Crippen LogP contribution is 2.34. The van der Waals surface area contributed by atoms with Crippen LogP contribution in [0.2, 0.25) is 0 Å². The van der Waals surface area contributed by atoms with Crippen LogP contribution in [0.25, 0.3) is 0 Å². The molecule has 100 valence electrons. The van der Waals surface area contributed by atoms with Gasteiger partial charge in [0.25, 0.3) is 0 Å². The van der Waals surface area contributed by atoms with Gasteiger partial charge in [-0.2, -0.15) is 0 Å². The molecule has 0 amide bonds. The summed E-state index contributed by atoms with van der Waals surface area (Å²) < 4.78 is 0. The van der Waals surface area contributed by atoms with Crippen molar-refractivity contribution in [2.75, 3.05) is 18.0 Å². The van der Waals surface area contributed by atoms with Crippen LogP contribution in [0, 0.1) is 11.8 Å². The van der Waals surface area contributed by atoms with Crippen LogP contribution in [-0.2, 0) is 5.41 Å². The van der Waals surface area contributed by atoms with Crippen molar-refractivity contribution in [3.63, 3.8) is 0 Å². The Labute approximate surface area is 112 Å². The molecule has 1 nitrogen and oxygen atoms in total. The van der Waals surface area contributed by atoms with Gasteiger partial charge in [0.05, 0.1) is 0 Å². The summed E-state index contributed by atoms with van der Waals surface area (Å²) in [7, 11) is 0.